The summed E-state index contributed by atoms with van der Waals surface area (Å²) in [6.45, 7) is 6.84. The van der Waals surface area contributed by atoms with Gasteiger partial charge in [0.25, 0.3) is 10.0 Å². The monoisotopic (exact) mass is 286 g/mol. The van der Waals surface area contributed by atoms with Crippen LogP contribution >= 0.6 is 0 Å². The first-order chi connectivity index (χ1) is 9.09. The smallest absolute Gasteiger partial charge is 0.262 e. The van der Waals surface area contributed by atoms with E-state index in [0.717, 1.165) is 32.5 Å². The first-order valence-electron chi connectivity index (χ1n) is 6.84. The van der Waals surface area contributed by atoms with Gasteiger partial charge in [0.1, 0.15) is 0 Å². The third-order valence-corrected chi connectivity index (χ3v) is 5.27. The van der Waals surface area contributed by atoms with Crippen LogP contribution in [0, 0.1) is 0 Å². The van der Waals surface area contributed by atoms with E-state index >= 15 is 0 Å². The third kappa shape index (κ3) is 2.98. The predicted molar refractivity (Wildman–Crippen MR) is 73.4 cm³/mol. The lowest BCUT2D eigenvalue weighted by Gasteiger charge is -2.26. The van der Waals surface area contributed by atoms with Gasteiger partial charge in [-0.05, 0) is 26.3 Å². The number of hydrogen-bond donors (Lipinski definition) is 1. The molecule has 1 aliphatic heterocycles. The summed E-state index contributed by atoms with van der Waals surface area (Å²) in [4.78, 5) is 4.05. The maximum atomic E-state index is 12.7. The zero-order chi connectivity index (χ0) is 13.9. The second kappa shape index (κ2) is 6.02. The molecule has 0 amide bonds. The number of sulfonamides is 1. The molecule has 2 rings (SSSR count). The van der Waals surface area contributed by atoms with Gasteiger partial charge in [0.2, 0.25) is 0 Å². The number of aromatic nitrogens is 2. The highest BCUT2D eigenvalue weighted by Crippen LogP contribution is 2.20. The van der Waals surface area contributed by atoms with Gasteiger partial charge < -0.3 is 9.88 Å². The van der Waals surface area contributed by atoms with E-state index in [9.17, 15) is 8.42 Å². The van der Waals surface area contributed by atoms with Crippen LogP contribution < -0.4 is 5.32 Å². The van der Waals surface area contributed by atoms with Crippen molar-refractivity contribution in [3.8, 4) is 0 Å². The summed E-state index contributed by atoms with van der Waals surface area (Å²) in [7, 11) is -3.47. The molecule has 0 aromatic carbocycles. The maximum absolute atomic E-state index is 12.7. The lowest BCUT2D eigenvalue weighted by Crippen LogP contribution is -2.42. The number of nitrogens with one attached hydrogen (secondary N) is 1. The molecule has 108 valence electrons. The molecule has 1 aliphatic rings. The minimum atomic E-state index is -3.47. The Kier molecular flexibility index (Phi) is 4.59. The molecule has 0 aliphatic carbocycles. The van der Waals surface area contributed by atoms with Gasteiger partial charge in [0.15, 0.2) is 5.03 Å². The number of imidazole rings is 1. The summed E-state index contributed by atoms with van der Waals surface area (Å²) in [5.41, 5.74) is 0. The largest absolute Gasteiger partial charge is 0.336 e. The summed E-state index contributed by atoms with van der Waals surface area (Å²) in [5, 5.41) is 3.38. The van der Waals surface area contributed by atoms with Crippen molar-refractivity contribution in [2.24, 2.45) is 0 Å². The topological polar surface area (TPSA) is 67.2 Å². The van der Waals surface area contributed by atoms with Crippen LogP contribution in [0.4, 0.5) is 0 Å². The lowest BCUT2D eigenvalue weighted by atomic mass is 10.2. The van der Waals surface area contributed by atoms with Crippen molar-refractivity contribution in [3.05, 3.63) is 12.5 Å². The molecule has 1 unspecified atom stereocenters. The van der Waals surface area contributed by atoms with E-state index in [1.165, 1.54) is 0 Å². The van der Waals surface area contributed by atoms with E-state index < -0.39 is 10.0 Å². The second-order valence-corrected chi connectivity index (χ2v) is 6.64. The summed E-state index contributed by atoms with van der Waals surface area (Å²) < 4.78 is 28.7. The van der Waals surface area contributed by atoms with E-state index in [4.69, 9.17) is 0 Å². The summed E-state index contributed by atoms with van der Waals surface area (Å²) in [6, 6.07) is 0.0525. The fourth-order valence-corrected chi connectivity index (χ4v) is 4.06. The van der Waals surface area contributed by atoms with Crippen molar-refractivity contribution in [1.29, 1.82) is 0 Å². The Morgan fingerprint density at radius 3 is 2.84 bits per heavy atom. The van der Waals surface area contributed by atoms with Crippen molar-refractivity contribution < 1.29 is 8.42 Å². The minimum Gasteiger partial charge on any atom is -0.336 e. The average molecular weight is 286 g/mol. The molecule has 19 heavy (non-hydrogen) atoms. The minimum absolute atomic E-state index is 0.0525. The van der Waals surface area contributed by atoms with Gasteiger partial charge in [0, 0.05) is 31.9 Å². The van der Waals surface area contributed by atoms with Gasteiger partial charge in [-0.3, -0.25) is 0 Å². The average Bonchev–Trinajstić information content (AvgIpc) is 3.06. The van der Waals surface area contributed by atoms with Crippen LogP contribution in [0.1, 0.15) is 26.7 Å². The van der Waals surface area contributed by atoms with Crippen LogP contribution in [0.15, 0.2) is 17.6 Å². The molecular formula is C12H22N4O2S. The molecule has 1 saturated heterocycles. The Hall–Kier alpha value is -0.920. The Bertz CT molecular complexity index is 506. The van der Waals surface area contributed by atoms with Crippen molar-refractivity contribution in [2.75, 3.05) is 19.6 Å². The van der Waals surface area contributed by atoms with E-state index in [-0.39, 0.29) is 11.1 Å². The molecule has 2 heterocycles. The molecule has 6 nitrogen and oxygen atoms in total. The highest BCUT2D eigenvalue weighted by molar-refractivity contribution is 7.89. The zero-order valence-corrected chi connectivity index (χ0v) is 12.4. The Balaban J connectivity index is 2.27. The van der Waals surface area contributed by atoms with Crippen LogP contribution in [-0.4, -0.2) is 48.0 Å². The van der Waals surface area contributed by atoms with Gasteiger partial charge in [-0.1, -0.05) is 6.92 Å². The van der Waals surface area contributed by atoms with Crippen LogP contribution in [0.5, 0.6) is 0 Å². The number of hydrogen-bond acceptors (Lipinski definition) is 4. The van der Waals surface area contributed by atoms with Crippen molar-refractivity contribution >= 4 is 10.0 Å². The SMILES string of the molecule is CCCN(C1CCNC1)S(=O)(=O)c1cn(CC)cn1. The molecule has 1 aromatic rings. The highest BCUT2D eigenvalue weighted by Gasteiger charge is 2.33. The molecule has 1 atom stereocenters. The Morgan fingerprint density at radius 1 is 1.53 bits per heavy atom. The molecule has 0 spiro atoms. The summed E-state index contributed by atoms with van der Waals surface area (Å²) in [5.74, 6) is 0. The van der Waals surface area contributed by atoms with Crippen LogP contribution in [0.2, 0.25) is 0 Å². The summed E-state index contributed by atoms with van der Waals surface area (Å²) >= 11 is 0. The first kappa shape index (κ1) is 14.5. The van der Waals surface area contributed by atoms with E-state index in [2.05, 4.69) is 10.3 Å². The van der Waals surface area contributed by atoms with Crippen molar-refractivity contribution in [2.45, 2.75) is 44.3 Å². The fourth-order valence-electron chi connectivity index (χ4n) is 2.37. The van der Waals surface area contributed by atoms with Crippen LogP contribution in [-0.2, 0) is 16.6 Å². The van der Waals surface area contributed by atoms with Gasteiger partial charge >= 0.3 is 0 Å². The fraction of sp³-hybridized carbons (Fsp3) is 0.750. The number of rotatable bonds is 6. The van der Waals surface area contributed by atoms with Gasteiger partial charge in [-0.15, -0.1) is 0 Å². The maximum Gasteiger partial charge on any atom is 0.262 e. The van der Waals surface area contributed by atoms with E-state index in [1.807, 2.05) is 13.8 Å². The van der Waals surface area contributed by atoms with Gasteiger partial charge in [0.05, 0.1) is 6.33 Å². The quantitative estimate of drug-likeness (QED) is 0.834. The normalized spacial score (nSPS) is 20.3. The third-order valence-electron chi connectivity index (χ3n) is 3.43. The molecule has 1 aromatic heterocycles. The number of nitrogens with zero attached hydrogens (tertiary/aromatic N) is 3. The van der Waals surface area contributed by atoms with Gasteiger partial charge in [-0.2, -0.15) is 4.31 Å². The molecule has 0 saturated carbocycles. The highest BCUT2D eigenvalue weighted by atomic mass is 32.2. The second-order valence-electron chi connectivity index (χ2n) is 4.80. The molecule has 7 heteroatoms. The zero-order valence-electron chi connectivity index (χ0n) is 11.5. The van der Waals surface area contributed by atoms with Crippen molar-refractivity contribution in [1.82, 2.24) is 19.2 Å². The van der Waals surface area contributed by atoms with Gasteiger partial charge in [-0.25, -0.2) is 13.4 Å². The standard InChI is InChI=1S/C12H22N4O2S/c1-3-7-16(11-5-6-13-8-11)19(17,18)12-9-15(4-2)10-14-12/h9-11,13H,3-8H2,1-2H3. The predicted octanol–water partition coefficient (Wildman–Crippen LogP) is 0.666. The van der Waals surface area contributed by atoms with E-state index in [1.54, 1.807) is 21.4 Å². The van der Waals surface area contributed by atoms with Crippen LogP contribution in [0.3, 0.4) is 0 Å². The Labute approximate surface area is 114 Å². The summed E-state index contributed by atoms with van der Waals surface area (Å²) in [6.07, 6.45) is 4.86. The molecule has 1 fully saturated rings. The van der Waals surface area contributed by atoms with Crippen molar-refractivity contribution in [3.63, 3.8) is 0 Å². The molecule has 1 N–H and O–H groups in total. The first-order valence-corrected chi connectivity index (χ1v) is 8.28. The molecule has 0 radical (unpaired) electrons. The molecule has 0 bridgehead atoms. The van der Waals surface area contributed by atoms with E-state index in [0.29, 0.717) is 6.54 Å². The molecular weight excluding hydrogens is 264 g/mol. The Morgan fingerprint density at radius 2 is 2.32 bits per heavy atom. The number of aryl methyl sites for hydroxylation is 1. The van der Waals surface area contributed by atoms with Crippen LogP contribution in [0.25, 0.3) is 0 Å². The lowest BCUT2D eigenvalue weighted by molar-refractivity contribution is 0.334.